The van der Waals surface area contributed by atoms with Crippen LogP contribution in [0, 0.1) is 12.3 Å². The first-order valence-electron chi connectivity index (χ1n) is 9.81. The molecule has 0 amide bonds. The average molecular weight is 399 g/mol. The zero-order chi connectivity index (χ0) is 20.7. The molecule has 0 spiro atoms. The van der Waals surface area contributed by atoms with E-state index in [1.165, 1.54) is 0 Å². The van der Waals surface area contributed by atoms with Crippen LogP contribution < -0.4 is 10.6 Å². The van der Waals surface area contributed by atoms with Gasteiger partial charge < -0.3 is 4.57 Å². The van der Waals surface area contributed by atoms with E-state index in [1.54, 1.807) is 0 Å². The van der Waals surface area contributed by atoms with Gasteiger partial charge in [-0.3, -0.25) is 4.99 Å². The topological polar surface area (TPSA) is 29.4 Å². The van der Waals surface area contributed by atoms with Gasteiger partial charge in [-0.15, -0.1) is 12.3 Å². The monoisotopic (exact) mass is 399 g/mol. The fourth-order valence-electron chi connectivity index (χ4n) is 3.66. The van der Waals surface area contributed by atoms with Crippen LogP contribution in [0.4, 0.5) is 0 Å². The van der Waals surface area contributed by atoms with Gasteiger partial charge >= 0.3 is 0 Å². The number of benzene rings is 3. The van der Waals surface area contributed by atoms with Crippen LogP contribution in [-0.4, -0.2) is 11.4 Å². The van der Waals surface area contributed by atoms with Gasteiger partial charge in [-0.2, -0.15) is 0 Å². The van der Waals surface area contributed by atoms with E-state index in [2.05, 4.69) is 25.0 Å². The van der Waals surface area contributed by atoms with Gasteiger partial charge in [-0.25, -0.2) is 0 Å². The predicted molar refractivity (Wildman–Crippen MR) is 125 cm³/mol. The Morgan fingerprint density at radius 3 is 1.79 bits per heavy atom. The van der Waals surface area contributed by atoms with Crippen molar-refractivity contribution in [2.45, 2.75) is 32.0 Å². The van der Waals surface area contributed by atoms with Crippen molar-refractivity contribution in [3.05, 3.63) is 96.6 Å². The first-order chi connectivity index (χ1) is 14.1. The molecule has 3 aromatic rings. The number of nitrogens with zero attached hydrogens (tertiary/aromatic N) is 1. The summed E-state index contributed by atoms with van der Waals surface area (Å²) in [6.45, 7) is 4.02. The maximum Gasteiger partial charge on any atom is 0.152 e. The minimum Gasteiger partial charge on any atom is -0.313 e. The Morgan fingerprint density at radius 1 is 0.897 bits per heavy atom. The molecule has 0 aliphatic carbocycles. The van der Waals surface area contributed by atoms with Gasteiger partial charge in [-0.1, -0.05) is 91.0 Å². The van der Waals surface area contributed by atoms with E-state index in [-0.39, 0.29) is 11.7 Å². The summed E-state index contributed by atoms with van der Waals surface area (Å²) in [5.74, 6) is 2.75. The summed E-state index contributed by atoms with van der Waals surface area (Å²) >= 11 is 0. The molecule has 0 radical (unpaired) electrons. The highest BCUT2D eigenvalue weighted by molar-refractivity contribution is 7.80. The summed E-state index contributed by atoms with van der Waals surface area (Å²) in [6, 6.07) is 29.4. The third-order valence-electron chi connectivity index (χ3n) is 5.19. The summed E-state index contributed by atoms with van der Waals surface area (Å²) in [6.07, 6.45) is 6.11. The van der Waals surface area contributed by atoms with Crippen LogP contribution in [0.2, 0.25) is 0 Å². The van der Waals surface area contributed by atoms with Crippen LogP contribution in [0.5, 0.6) is 0 Å². The van der Waals surface area contributed by atoms with Crippen molar-refractivity contribution in [3.8, 4) is 12.3 Å². The molecule has 0 heterocycles. The Labute approximate surface area is 174 Å². The van der Waals surface area contributed by atoms with Crippen molar-refractivity contribution in [1.82, 2.24) is 0 Å². The van der Waals surface area contributed by atoms with E-state index in [9.17, 15) is 4.57 Å². The zero-order valence-corrected chi connectivity index (χ0v) is 17.8. The Balaban J connectivity index is 2.11. The minimum atomic E-state index is -3.03. The molecule has 29 heavy (non-hydrogen) atoms. The van der Waals surface area contributed by atoms with Crippen molar-refractivity contribution >= 4 is 23.5 Å². The number of rotatable bonds is 7. The van der Waals surface area contributed by atoms with Crippen LogP contribution in [0.3, 0.4) is 0 Å². The van der Waals surface area contributed by atoms with Crippen molar-refractivity contribution in [1.29, 1.82) is 0 Å². The predicted octanol–water partition coefficient (Wildman–Crippen LogP) is 5.61. The second-order valence-corrected chi connectivity index (χ2v) is 10.1. The summed E-state index contributed by atoms with van der Waals surface area (Å²) < 4.78 is 14.7. The van der Waals surface area contributed by atoms with Crippen LogP contribution >= 0.6 is 7.14 Å². The number of hydrogen-bond donors (Lipinski definition) is 0. The van der Waals surface area contributed by atoms with Crippen molar-refractivity contribution in [3.63, 3.8) is 0 Å². The standard InChI is InChI=1S/C26H26NOP/c1-4-14-26(22(3)27-21(2)23-15-8-5-9-16-23)29(28,24-17-10-6-11-18-24)25-19-12-7-13-20-25/h1,5-13,15-21,26H,14H2,2-3H3/t21-,26?/m0/s1. The fourth-order valence-corrected chi connectivity index (χ4v) is 6.86. The van der Waals surface area contributed by atoms with E-state index in [1.807, 2.05) is 85.8 Å². The lowest BCUT2D eigenvalue weighted by molar-refractivity contribution is 0.583. The van der Waals surface area contributed by atoms with Crippen molar-refractivity contribution in [2.24, 2.45) is 4.99 Å². The van der Waals surface area contributed by atoms with E-state index >= 15 is 0 Å². The maximum atomic E-state index is 14.7. The van der Waals surface area contributed by atoms with Crippen LogP contribution in [0.1, 0.15) is 31.9 Å². The smallest absolute Gasteiger partial charge is 0.152 e. The first kappa shape index (κ1) is 20.8. The van der Waals surface area contributed by atoms with Gasteiger partial charge in [0.1, 0.15) is 0 Å². The third kappa shape index (κ3) is 4.58. The highest BCUT2D eigenvalue weighted by Gasteiger charge is 2.38. The molecular weight excluding hydrogens is 373 g/mol. The molecule has 0 aliphatic heterocycles. The van der Waals surface area contributed by atoms with Crippen molar-refractivity contribution in [2.75, 3.05) is 0 Å². The normalized spacial score (nSPS) is 14.0. The summed E-state index contributed by atoms with van der Waals surface area (Å²) in [4.78, 5) is 4.93. The number of aliphatic imine (C=N–C) groups is 1. The summed E-state index contributed by atoms with van der Waals surface area (Å²) in [5.41, 5.74) is 1.61. The lowest BCUT2D eigenvalue weighted by Crippen LogP contribution is -2.30. The van der Waals surface area contributed by atoms with Gasteiger partial charge in [0.05, 0.1) is 11.7 Å². The second kappa shape index (κ2) is 9.55. The lowest BCUT2D eigenvalue weighted by Gasteiger charge is -2.28. The largest absolute Gasteiger partial charge is 0.313 e. The Bertz CT molecular complexity index is 993. The molecule has 3 heteroatoms. The molecule has 0 fully saturated rings. The van der Waals surface area contributed by atoms with Gasteiger partial charge in [0.2, 0.25) is 0 Å². The molecule has 2 nitrogen and oxygen atoms in total. The second-order valence-electron chi connectivity index (χ2n) is 7.11. The average Bonchev–Trinajstić information content (AvgIpc) is 2.78. The van der Waals surface area contributed by atoms with Gasteiger partial charge in [0, 0.05) is 22.7 Å². The first-order valence-corrected chi connectivity index (χ1v) is 11.6. The van der Waals surface area contributed by atoms with E-state index in [0.29, 0.717) is 6.42 Å². The molecule has 3 rings (SSSR count). The Kier molecular flexibility index (Phi) is 6.86. The van der Waals surface area contributed by atoms with Gasteiger partial charge in [0.15, 0.2) is 7.14 Å². The number of terminal acetylenes is 1. The zero-order valence-electron chi connectivity index (χ0n) is 16.9. The van der Waals surface area contributed by atoms with Gasteiger partial charge in [-0.05, 0) is 19.4 Å². The lowest BCUT2D eigenvalue weighted by atomic mass is 10.1. The Morgan fingerprint density at radius 2 is 1.34 bits per heavy atom. The molecule has 0 bridgehead atoms. The third-order valence-corrected chi connectivity index (χ3v) is 8.76. The highest BCUT2D eigenvalue weighted by Crippen LogP contribution is 2.50. The molecule has 0 aromatic heterocycles. The molecule has 146 valence electrons. The fraction of sp³-hybridized carbons (Fsp3) is 0.192. The maximum absolute atomic E-state index is 14.7. The SMILES string of the molecule is C#CCC(C(C)=N[C@@H](C)c1ccccc1)P(=O)(c1ccccc1)c1ccccc1. The van der Waals surface area contributed by atoms with E-state index in [4.69, 9.17) is 11.4 Å². The van der Waals surface area contributed by atoms with Crippen molar-refractivity contribution < 1.29 is 4.57 Å². The molecule has 2 atom stereocenters. The molecule has 3 aromatic carbocycles. The van der Waals surface area contributed by atoms with Crippen LogP contribution in [0.15, 0.2) is 96.0 Å². The molecular formula is C26H26NOP. The molecule has 1 unspecified atom stereocenters. The molecule has 0 aliphatic rings. The quantitative estimate of drug-likeness (QED) is 0.288. The molecule has 0 saturated heterocycles. The summed E-state index contributed by atoms with van der Waals surface area (Å²) in [5, 5.41) is 1.63. The van der Waals surface area contributed by atoms with E-state index < -0.39 is 7.14 Å². The minimum absolute atomic E-state index is 0.0310. The van der Waals surface area contributed by atoms with Crippen LogP contribution in [0.25, 0.3) is 0 Å². The van der Waals surface area contributed by atoms with E-state index in [0.717, 1.165) is 21.9 Å². The molecule has 0 saturated carbocycles. The van der Waals surface area contributed by atoms with Crippen LogP contribution in [-0.2, 0) is 4.57 Å². The highest BCUT2D eigenvalue weighted by atomic mass is 31.2. The molecule has 0 N–H and O–H groups in total. The Hall–Kier alpha value is -2.88. The number of hydrogen-bond acceptors (Lipinski definition) is 2. The van der Waals surface area contributed by atoms with Gasteiger partial charge in [0.25, 0.3) is 0 Å². The summed E-state index contributed by atoms with van der Waals surface area (Å²) in [7, 11) is -3.03.